The zero-order valence-electron chi connectivity index (χ0n) is 11.7. The number of nitrogens with zero attached hydrogens (tertiary/aromatic N) is 2. The molecule has 1 aromatic carbocycles. The highest BCUT2D eigenvalue weighted by Gasteiger charge is 2.24. The van der Waals surface area contributed by atoms with Crippen LogP contribution in [0, 0.1) is 6.92 Å². The highest BCUT2D eigenvalue weighted by atomic mass is 16.2. The van der Waals surface area contributed by atoms with Crippen LogP contribution in [0.1, 0.15) is 21.7 Å². The van der Waals surface area contributed by atoms with E-state index in [4.69, 9.17) is 0 Å². The third kappa shape index (κ3) is 2.76. The smallest absolute Gasteiger partial charge is 0.273 e. The number of benzene rings is 1. The van der Waals surface area contributed by atoms with E-state index >= 15 is 0 Å². The normalized spacial score (nSPS) is 14.1. The molecular formula is C16H15N3O2. The Hall–Kier alpha value is -2.69. The van der Waals surface area contributed by atoms with Crippen molar-refractivity contribution >= 4 is 17.5 Å². The molecule has 2 heterocycles. The van der Waals surface area contributed by atoms with Crippen molar-refractivity contribution in [2.75, 3.05) is 11.9 Å². The third-order valence-electron chi connectivity index (χ3n) is 3.38. The van der Waals surface area contributed by atoms with Gasteiger partial charge in [-0.15, -0.1) is 0 Å². The Labute approximate surface area is 122 Å². The van der Waals surface area contributed by atoms with Crippen molar-refractivity contribution in [2.24, 2.45) is 0 Å². The summed E-state index contributed by atoms with van der Waals surface area (Å²) in [5.41, 5.74) is 2.82. The second kappa shape index (κ2) is 5.36. The summed E-state index contributed by atoms with van der Waals surface area (Å²) in [7, 11) is 0. The van der Waals surface area contributed by atoms with Crippen LogP contribution in [0.4, 0.5) is 5.69 Å². The molecule has 106 valence electrons. The molecule has 0 bridgehead atoms. The molecule has 0 spiro atoms. The summed E-state index contributed by atoms with van der Waals surface area (Å²) in [5.74, 6) is -0.425. The lowest BCUT2D eigenvalue weighted by atomic mass is 10.1. The molecule has 0 unspecified atom stereocenters. The van der Waals surface area contributed by atoms with Gasteiger partial charge in [-0.2, -0.15) is 0 Å². The number of anilines is 1. The van der Waals surface area contributed by atoms with E-state index in [2.05, 4.69) is 10.3 Å². The number of hydrogen-bond acceptors (Lipinski definition) is 3. The van der Waals surface area contributed by atoms with Gasteiger partial charge < -0.3 is 10.2 Å². The number of carbonyl (C=O) groups is 2. The largest absolute Gasteiger partial charge is 0.324 e. The number of aromatic nitrogens is 1. The van der Waals surface area contributed by atoms with Crippen LogP contribution in [-0.2, 0) is 11.3 Å². The zero-order chi connectivity index (χ0) is 14.8. The van der Waals surface area contributed by atoms with Crippen molar-refractivity contribution in [1.29, 1.82) is 0 Å². The number of aryl methyl sites for hydroxylation is 1. The van der Waals surface area contributed by atoms with Gasteiger partial charge >= 0.3 is 0 Å². The summed E-state index contributed by atoms with van der Waals surface area (Å²) in [4.78, 5) is 30.2. The van der Waals surface area contributed by atoms with Crippen molar-refractivity contribution in [3.8, 4) is 0 Å². The van der Waals surface area contributed by atoms with Gasteiger partial charge in [0.05, 0.1) is 0 Å². The molecule has 0 aliphatic carbocycles. The average Bonchev–Trinajstić information content (AvgIpc) is 2.64. The van der Waals surface area contributed by atoms with Gasteiger partial charge in [0.15, 0.2) is 0 Å². The van der Waals surface area contributed by atoms with Crippen LogP contribution in [0.3, 0.4) is 0 Å². The molecule has 2 amide bonds. The van der Waals surface area contributed by atoms with E-state index in [1.54, 1.807) is 12.1 Å². The van der Waals surface area contributed by atoms with E-state index in [0.717, 1.165) is 16.9 Å². The van der Waals surface area contributed by atoms with Gasteiger partial charge in [0.25, 0.3) is 5.91 Å². The van der Waals surface area contributed by atoms with E-state index in [1.165, 1.54) is 4.90 Å². The van der Waals surface area contributed by atoms with Gasteiger partial charge in [-0.3, -0.25) is 9.59 Å². The Kier molecular flexibility index (Phi) is 3.39. The topological polar surface area (TPSA) is 62.3 Å². The summed E-state index contributed by atoms with van der Waals surface area (Å²) in [6, 6.07) is 12.8. The molecule has 0 fully saturated rings. The molecule has 2 aromatic rings. The fourth-order valence-electron chi connectivity index (χ4n) is 2.37. The predicted octanol–water partition coefficient (Wildman–Crippen LogP) is 1.98. The molecule has 0 radical (unpaired) electrons. The highest BCUT2D eigenvalue weighted by molar-refractivity contribution is 5.99. The van der Waals surface area contributed by atoms with Crippen LogP contribution in [0.2, 0.25) is 0 Å². The predicted molar refractivity (Wildman–Crippen MR) is 78.8 cm³/mol. The molecule has 0 saturated carbocycles. The van der Waals surface area contributed by atoms with Gasteiger partial charge in [0.1, 0.15) is 12.2 Å². The number of pyridine rings is 1. The number of fused-ring (bicyclic) bond motifs is 1. The van der Waals surface area contributed by atoms with Crippen LogP contribution >= 0.6 is 0 Å². The number of rotatable bonds is 1. The molecule has 5 nitrogen and oxygen atoms in total. The van der Waals surface area contributed by atoms with Crippen LogP contribution in [-0.4, -0.2) is 28.2 Å². The Morgan fingerprint density at radius 3 is 2.76 bits per heavy atom. The molecule has 1 aliphatic heterocycles. The number of para-hydroxylation sites is 1. The summed E-state index contributed by atoms with van der Waals surface area (Å²) in [5, 5.41) is 2.82. The summed E-state index contributed by atoms with van der Waals surface area (Å²) >= 11 is 0. The van der Waals surface area contributed by atoms with E-state index < -0.39 is 0 Å². The Morgan fingerprint density at radius 2 is 1.95 bits per heavy atom. The molecule has 1 N–H and O–H groups in total. The van der Waals surface area contributed by atoms with Crippen molar-refractivity contribution in [3.05, 3.63) is 59.4 Å². The minimum atomic E-state index is -0.231. The molecule has 1 aromatic heterocycles. The number of nitrogens with one attached hydrogen (secondary N) is 1. The summed E-state index contributed by atoms with van der Waals surface area (Å²) in [6.45, 7) is 2.26. The Balaban J connectivity index is 1.92. The first-order valence-electron chi connectivity index (χ1n) is 6.74. The molecular weight excluding hydrogens is 266 g/mol. The lowest BCUT2D eigenvalue weighted by Gasteiger charge is -2.19. The van der Waals surface area contributed by atoms with E-state index in [1.807, 2.05) is 37.3 Å². The first-order chi connectivity index (χ1) is 10.1. The monoisotopic (exact) mass is 281 g/mol. The second-order valence-electron chi connectivity index (χ2n) is 5.03. The lowest BCUT2D eigenvalue weighted by molar-refractivity contribution is -0.116. The van der Waals surface area contributed by atoms with Crippen molar-refractivity contribution < 1.29 is 9.59 Å². The number of hydrogen-bond donors (Lipinski definition) is 1. The van der Waals surface area contributed by atoms with Gasteiger partial charge in [-0.05, 0) is 30.7 Å². The van der Waals surface area contributed by atoms with Crippen molar-refractivity contribution in [1.82, 2.24) is 9.88 Å². The average molecular weight is 281 g/mol. The molecule has 3 rings (SSSR count). The van der Waals surface area contributed by atoms with Crippen molar-refractivity contribution in [3.63, 3.8) is 0 Å². The Morgan fingerprint density at radius 1 is 1.14 bits per heavy atom. The van der Waals surface area contributed by atoms with E-state index in [9.17, 15) is 9.59 Å². The first-order valence-corrected chi connectivity index (χ1v) is 6.74. The minimum Gasteiger partial charge on any atom is -0.324 e. The summed E-state index contributed by atoms with van der Waals surface area (Å²) in [6.07, 6.45) is 0. The Bertz CT molecular complexity index is 712. The fraction of sp³-hybridized carbons (Fsp3) is 0.188. The van der Waals surface area contributed by atoms with Gasteiger partial charge in [0.2, 0.25) is 5.91 Å². The summed E-state index contributed by atoms with van der Waals surface area (Å²) < 4.78 is 0. The standard InChI is InChI=1S/C16H15N3O2/c1-11-5-4-8-14(17-11)16(21)19-9-12-6-2-3-7-13(12)18-15(20)10-19/h2-8H,9-10H2,1H3,(H,18,20). The minimum absolute atomic E-state index is 0.0309. The van der Waals surface area contributed by atoms with Crippen molar-refractivity contribution in [2.45, 2.75) is 13.5 Å². The molecule has 0 saturated heterocycles. The molecule has 5 heteroatoms. The maximum absolute atomic E-state index is 12.5. The van der Waals surface area contributed by atoms with Crippen LogP contribution in [0.5, 0.6) is 0 Å². The van der Waals surface area contributed by atoms with E-state index in [-0.39, 0.29) is 18.4 Å². The fourth-order valence-corrected chi connectivity index (χ4v) is 2.37. The van der Waals surface area contributed by atoms with Gasteiger partial charge in [-0.1, -0.05) is 24.3 Å². The third-order valence-corrected chi connectivity index (χ3v) is 3.38. The molecule has 21 heavy (non-hydrogen) atoms. The van der Waals surface area contributed by atoms with Crippen LogP contribution in [0.15, 0.2) is 42.5 Å². The van der Waals surface area contributed by atoms with Crippen LogP contribution in [0.25, 0.3) is 0 Å². The second-order valence-corrected chi connectivity index (χ2v) is 5.03. The maximum atomic E-state index is 12.5. The lowest BCUT2D eigenvalue weighted by Crippen LogP contribution is -2.35. The van der Waals surface area contributed by atoms with Gasteiger partial charge in [-0.25, -0.2) is 4.98 Å². The number of amides is 2. The van der Waals surface area contributed by atoms with Crippen LogP contribution < -0.4 is 5.32 Å². The van der Waals surface area contributed by atoms with Gasteiger partial charge in [0, 0.05) is 17.9 Å². The molecule has 0 atom stereocenters. The molecule has 1 aliphatic rings. The quantitative estimate of drug-likeness (QED) is 0.869. The zero-order valence-corrected chi connectivity index (χ0v) is 11.7. The number of carbonyl (C=O) groups excluding carboxylic acids is 2. The first kappa shape index (κ1) is 13.3. The van der Waals surface area contributed by atoms with E-state index in [0.29, 0.717) is 12.2 Å². The highest BCUT2D eigenvalue weighted by Crippen LogP contribution is 2.21. The SMILES string of the molecule is Cc1cccc(C(=O)N2CC(=O)Nc3ccccc3C2)n1. The maximum Gasteiger partial charge on any atom is 0.273 e.